The fourth-order valence-electron chi connectivity index (χ4n) is 3.15. The molecule has 25 heavy (non-hydrogen) atoms. The zero-order chi connectivity index (χ0) is 17.2. The Hall–Kier alpha value is -2.46. The molecule has 132 valence electrons. The van der Waals surface area contributed by atoms with E-state index in [0.29, 0.717) is 10.6 Å². The van der Waals surface area contributed by atoms with Gasteiger partial charge in [0.1, 0.15) is 6.20 Å². The second-order valence-electron chi connectivity index (χ2n) is 6.12. The van der Waals surface area contributed by atoms with Crippen molar-refractivity contribution < 1.29 is 4.92 Å². The van der Waals surface area contributed by atoms with E-state index in [2.05, 4.69) is 20.3 Å². The van der Waals surface area contributed by atoms with Gasteiger partial charge in [-0.3, -0.25) is 4.68 Å². The largest absolute Gasteiger partial charge is 0.373 e. The maximum absolute atomic E-state index is 11.4. The number of thiazole rings is 1. The lowest BCUT2D eigenvalue weighted by atomic mass is 10.1. The Kier molecular flexibility index (Phi) is 4.36. The molecule has 1 N–H and O–H groups in total. The fourth-order valence-corrected chi connectivity index (χ4v) is 3.86. The molecule has 0 radical (unpaired) electrons. The van der Waals surface area contributed by atoms with Gasteiger partial charge in [-0.2, -0.15) is 14.5 Å². The van der Waals surface area contributed by atoms with Crippen LogP contribution >= 0.6 is 11.3 Å². The number of hydrogen-bond acceptors (Lipinski definition) is 7. The first-order chi connectivity index (χ1) is 12.2. The van der Waals surface area contributed by atoms with Crippen molar-refractivity contribution in [3.05, 3.63) is 34.1 Å². The molecule has 0 aliphatic carbocycles. The second-order valence-corrected chi connectivity index (χ2v) is 6.99. The molecule has 0 aromatic carbocycles. The highest BCUT2D eigenvalue weighted by Crippen LogP contribution is 2.30. The summed E-state index contributed by atoms with van der Waals surface area (Å²) in [7, 11) is 0. The number of imidazole rings is 1. The van der Waals surface area contributed by atoms with E-state index >= 15 is 0 Å². The summed E-state index contributed by atoms with van der Waals surface area (Å²) in [4.78, 5) is 18.3. The molecule has 1 fully saturated rings. The highest BCUT2D eigenvalue weighted by molar-refractivity contribution is 7.15. The van der Waals surface area contributed by atoms with Crippen molar-refractivity contribution in [1.29, 1.82) is 0 Å². The third-order valence-electron chi connectivity index (χ3n) is 4.40. The van der Waals surface area contributed by atoms with Gasteiger partial charge in [-0.1, -0.05) is 17.8 Å². The van der Waals surface area contributed by atoms with Crippen LogP contribution in [0, 0.1) is 10.1 Å². The van der Waals surface area contributed by atoms with E-state index in [0.717, 1.165) is 26.2 Å². The van der Waals surface area contributed by atoms with Gasteiger partial charge in [0.15, 0.2) is 0 Å². The smallest absolute Gasteiger partial charge is 0.358 e. The Morgan fingerprint density at radius 2 is 2.12 bits per heavy atom. The van der Waals surface area contributed by atoms with E-state index in [9.17, 15) is 10.1 Å². The van der Waals surface area contributed by atoms with Gasteiger partial charge in [0.25, 0.3) is 4.96 Å². The molecule has 0 spiro atoms. The number of aromatic nitrogens is 4. The predicted molar refractivity (Wildman–Crippen MR) is 95.5 cm³/mol. The first-order valence-corrected chi connectivity index (χ1v) is 9.20. The van der Waals surface area contributed by atoms with Gasteiger partial charge in [-0.15, -0.1) is 0 Å². The summed E-state index contributed by atoms with van der Waals surface area (Å²) in [6.45, 7) is 4.09. The molecule has 0 amide bonds. The topological polar surface area (TPSA) is 93.5 Å². The number of anilines is 2. The highest BCUT2D eigenvalue weighted by atomic mass is 32.1. The van der Waals surface area contributed by atoms with Gasteiger partial charge >= 0.3 is 5.82 Å². The predicted octanol–water partition coefficient (Wildman–Crippen LogP) is 2.73. The molecule has 1 aliphatic heterocycles. The van der Waals surface area contributed by atoms with E-state index in [4.69, 9.17) is 0 Å². The Balaban J connectivity index is 1.45. The molecule has 3 aromatic heterocycles. The van der Waals surface area contributed by atoms with Crippen molar-refractivity contribution >= 4 is 33.6 Å². The maximum atomic E-state index is 11.4. The molecular weight excluding hydrogens is 342 g/mol. The Bertz CT molecular complexity index is 878. The lowest BCUT2D eigenvalue weighted by Crippen LogP contribution is -2.32. The molecule has 0 unspecified atom stereocenters. The molecule has 9 nitrogen and oxygen atoms in total. The summed E-state index contributed by atoms with van der Waals surface area (Å²) in [6, 6.07) is 0. The molecule has 1 aliphatic rings. The minimum absolute atomic E-state index is 0.0580. The zero-order valence-corrected chi connectivity index (χ0v) is 14.5. The average Bonchev–Trinajstić information content (AvgIpc) is 3.30. The zero-order valence-electron chi connectivity index (χ0n) is 13.7. The molecule has 3 aromatic rings. The SMILES string of the molecule is O=[N+]([O-])c1c(Nc2cnn(CCN3CCCCC3)c2)nc2sccn12. The monoisotopic (exact) mass is 361 g/mol. The fraction of sp³-hybridized carbons (Fsp3) is 0.467. The van der Waals surface area contributed by atoms with Crippen LogP contribution in [0.4, 0.5) is 17.3 Å². The molecule has 4 heterocycles. The number of piperidine rings is 1. The van der Waals surface area contributed by atoms with E-state index in [1.807, 2.05) is 10.9 Å². The van der Waals surface area contributed by atoms with Crippen LogP contribution in [0.1, 0.15) is 19.3 Å². The number of nitro groups is 1. The van der Waals surface area contributed by atoms with Crippen LogP contribution in [0.5, 0.6) is 0 Å². The molecule has 10 heteroatoms. The normalized spacial score (nSPS) is 15.7. The third kappa shape index (κ3) is 3.35. The number of nitrogens with zero attached hydrogens (tertiary/aromatic N) is 6. The summed E-state index contributed by atoms with van der Waals surface area (Å²) in [5.41, 5.74) is 0.701. The van der Waals surface area contributed by atoms with Crippen LogP contribution in [-0.2, 0) is 6.54 Å². The number of hydrogen-bond donors (Lipinski definition) is 1. The lowest BCUT2D eigenvalue weighted by Gasteiger charge is -2.26. The third-order valence-corrected chi connectivity index (χ3v) is 5.16. The van der Waals surface area contributed by atoms with Crippen molar-refractivity contribution in [3.63, 3.8) is 0 Å². The van der Waals surface area contributed by atoms with E-state index < -0.39 is 4.92 Å². The number of rotatable bonds is 6. The van der Waals surface area contributed by atoms with Crippen molar-refractivity contribution in [2.45, 2.75) is 25.8 Å². The highest BCUT2D eigenvalue weighted by Gasteiger charge is 2.24. The minimum Gasteiger partial charge on any atom is -0.358 e. The van der Waals surface area contributed by atoms with Crippen molar-refractivity contribution in [1.82, 2.24) is 24.1 Å². The first-order valence-electron chi connectivity index (χ1n) is 8.32. The van der Waals surface area contributed by atoms with Gasteiger partial charge in [0, 0.05) is 18.1 Å². The van der Waals surface area contributed by atoms with Crippen LogP contribution in [-0.4, -0.2) is 48.6 Å². The number of nitrogens with one attached hydrogen (secondary N) is 1. The van der Waals surface area contributed by atoms with Gasteiger partial charge in [-0.25, -0.2) is 0 Å². The number of likely N-dealkylation sites (tertiary alicyclic amines) is 1. The lowest BCUT2D eigenvalue weighted by molar-refractivity contribution is -0.389. The summed E-state index contributed by atoms with van der Waals surface area (Å²) in [5, 5.41) is 20.5. The average molecular weight is 361 g/mol. The van der Waals surface area contributed by atoms with E-state index in [1.54, 1.807) is 17.8 Å². The van der Waals surface area contributed by atoms with Crippen molar-refractivity contribution in [2.24, 2.45) is 0 Å². The summed E-state index contributed by atoms with van der Waals surface area (Å²) >= 11 is 1.36. The summed E-state index contributed by atoms with van der Waals surface area (Å²) < 4.78 is 3.34. The van der Waals surface area contributed by atoms with Gasteiger partial charge in [0.05, 0.1) is 18.4 Å². The Morgan fingerprint density at radius 3 is 2.92 bits per heavy atom. The van der Waals surface area contributed by atoms with Gasteiger partial charge in [-0.05, 0) is 30.9 Å². The van der Waals surface area contributed by atoms with Crippen molar-refractivity contribution in [2.75, 3.05) is 25.0 Å². The standard InChI is InChI=1S/C15H19N7O2S/c23-22(24)14-13(18-15-21(14)8-9-25-15)17-12-10-16-20(11-12)7-6-19-4-2-1-3-5-19/h8-11,17H,1-7H2. The van der Waals surface area contributed by atoms with Crippen LogP contribution in [0.25, 0.3) is 4.96 Å². The Morgan fingerprint density at radius 1 is 1.28 bits per heavy atom. The number of fused-ring (bicyclic) bond motifs is 1. The van der Waals surface area contributed by atoms with Gasteiger partial charge in [0.2, 0.25) is 5.82 Å². The van der Waals surface area contributed by atoms with Crippen molar-refractivity contribution in [3.8, 4) is 0 Å². The van der Waals surface area contributed by atoms with Crippen LogP contribution in [0.2, 0.25) is 0 Å². The molecular formula is C15H19N7O2S. The molecule has 4 rings (SSSR count). The van der Waals surface area contributed by atoms with E-state index in [-0.39, 0.29) is 11.6 Å². The molecule has 0 saturated carbocycles. The summed E-state index contributed by atoms with van der Waals surface area (Å²) in [5.74, 6) is 0.185. The summed E-state index contributed by atoms with van der Waals surface area (Å²) in [6.07, 6.45) is 9.06. The van der Waals surface area contributed by atoms with Crippen LogP contribution in [0.15, 0.2) is 24.0 Å². The Labute approximate surface area is 148 Å². The van der Waals surface area contributed by atoms with E-state index in [1.165, 1.54) is 35.0 Å². The van der Waals surface area contributed by atoms with Crippen LogP contribution < -0.4 is 5.32 Å². The quantitative estimate of drug-likeness (QED) is 0.536. The second kappa shape index (κ2) is 6.81. The first kappa shape index (κ1) is 16.0. The molecule has 0 bridgehead atoms. The maximum Gasteiger partial charge on any atom is 0.373 e. The van der Waals surface area contributed by atoms with Crippen LogP contribution in [0.3, 0.4) is 0 Å². The molecule has 1 saturated heterocycles. The minimum atomic E-state index is -0.421. The van der Waals surface area contributed by atoms with Gasteiger partial charge < -0.3 is 20.3 Å². The molecule has 0 atom stereocenters.